The summed E-state index contributed by atoms with van der Waals surface area (Å²) in [4.78, 5) is 23.1. The largest absolute Gasteiger partial charge is 0.465 e. The summed E-state index contributed by atoms with van der Waals surface area (Å²) in [6.45, 7) is 0.342. The molecule has 0 spiro atoms. The highest BCUT2D eigenvalue weighted by Crippen LogP contribution is 2.60. The molecule has 0 radical (unpaired) electrons. The van der Waals surface area contributed by atoms with Crippen molar-refractivity contribution in [2.75, 3.05) is 12.4 Å². The molecule has 6 nitrogen and oxygen atoms in total. The third-order valence-corrected chi connectivity index (χ3v) is 6.08. The molecule has 4 bridgehead atoms. The van der Waals surface area contributed by atoms with Gasteiger partial charge < -0.3 is 4.74 Å². The molecule has 0 aliphatic heterocycles. The summed E-state index contributed by atoms with van der Waals surface area (Å²) < 4.78 is 35.0. The van der Waals surface area contributed by atoms with Gasteiger partial charge in [-0.1, -0.05) is 0 Å². The fourth-order valence-corrected chi connectivity index (χ4v) is 5.68. The van der Waals surface area contributed by atoms with Crippen molar-refractivity contribution < 1.29 is 27.3 Å². The maximum Gasteiger partial charge on any atom is 0.313 e. The first-order valence-corrected chi connectivity index (χ1v) is 9.46. The molecule has 0 heterocycles. The van der Waals surface area contributed by atoms with Crippen molar-refractivity contribution in [2.45, 2.75) is 44.9 Å². The summed E-state index contributed by atoms with van der Waals surface area (Å²) in [7, 11) is -4.38. The van der Waals surface area contributed by atoms with Crippen LogP contribution in [-0.2, 0) is 24.4 Å². The minimum Gasteiger partial charge on any atom is -0.465 e. The zero-order valence-electron chi connectivity index (χ0n) is 12.5. The summed E-state index contributed by atoms with van der Waals surface area (Å²) in [5.74, 6) is -0.287. The molecule has 0 aromatic rings. The van der Waals surface area contributed by atoms with Crippen molar-refractivity contribution in [3.05, 3.63) is 0 Å². The molecular weight excluding hydrogens is 308 g/mol. The van der Waals surface area contributed by atoms with Gasteiger partial charge in [-0.3, -0.25) is 14.1 Å². The predicted octanol–water partition coefficient (Wildman–Crippen LogP) is 1.59. The van der Waals surface area contributed by atoms with E-state index in [0.29, 0.717) is 6.61 Å². The van der Waals surface area contributed by atoms with E-state index < -0.39 is 34.0 Å². The molecule has 1 N–H and O–H groups in total. The Kier molecular flexibility index (Phi) is 4.05. The molecule has 0 atom stereocenters. The molecule has 0 aromatic heterocycles. The zero-order valence-corrected chi connectivity index (χ0v) is 13.3. The number of carbonyl (C=O) groups is 2. The van der Waals surface area contributed by atoms with Crippen LogP contribution in [0.5, 0.6) is 0 Å². The molecule has 7 heteroatoms. The maximum absolute atomic E-state index is 11.7. The smallest absolute Gasteiger partial charge is 0.313 e. The van der Waals surface area contributed by atoms with Gasteiger partial charge in [-0.05, 0) is 56.3 Å². The average molecular weight is 330 g/mol. The Labute approximate surface area is 130 Å². The molecule has 4 rings (SSSR count). The summed E-state index contributed by atoms with van der Waals surface area (Å²) in [6.07, 6.45) is 6.63. The van der Waals surface area contributed by atoms with Crippen molar-refractivity contribution >= 4 is 21.9 Å². The monoisotopic (exact) mass is 330 g/mol. The van der Waals surface area contributed by atoms with Gasteiger partial charge in [-0.15, -0.1) is 0 Å². The standard InChI is InChI=1S/C15H22O6S/c16-13(8-22(18,19)20)4-14(17)21-9-15-5-10-1-11(6-15)3-12(2-10)7-15/h10-12H,1-9H2,(H,18,19,20). The number of esters is 1. The molecular formula is C15H22O6S. The van der Waals surface area contributed by atoms with Crippen molar-refractivity contribution in [3.8, 4) is 0 Å². The van der Waals surface area contributed by atoms with Crippen LogP contribution >= 0.6 is 0 Å². The van der Waals surface area contributed by atoms with Crippen LogP contribution in [0.1, 0.15) is 44.9 Å². The van der Waals surface area contributed by atoms with Gasteiger partial charge in [0.1, 0.15) is 12.2 Å². The summed E-state index contributed by atoms with van der Waals surface area (Å²) in [6, 6.07) is 0. The first-order chi connectivity index (χ1) is 10.2. The van der Waals surface area contributed by atoms with Gasteiger partial charge >= 0.3 is 5.97 Å². The number of hydrogen-bond donors (Lipinski definition) is 1. The van der Waals surface area contributed by atoms with Gasteiger partial charge in [0.25, 0.3) is 10.1 Å². The van der Waals surface area contributed by atoms with E-state index in [2.05, 4.69) is 0 Å². The van der Waals surface area contributed by atoms with Crippen LogP contribution in [-0.4, -0.2) is 37.1 Å². The van der Waals surface area contributed by atoms with E-state index in [0.717, 1.165) is 37.0 Å². The third-order valence-electron chi connectivity index (χ3n) is 5.39. The van der Waals surface area contributed by atoms with Crippen LogP contribution < -0.4 is 0 Å². The molecule has 4 saturated carbocycles. The highest BCUT2D eigenvalue weighted by Gasteiger charge is 2.51. The molecule has 0 aromatic carbocycles. The van der Waals surface area contributed by atoms with Gasteiger partial charge in [0.2, 0.25) is 0 Å². The lowest BCUT2D eigenvalue weighted by Crippen LogP contribution is -2.48. The van der Waals surface area contributed by atoms with Gasteiger partial charge in [0, 0.05) is 5.41 Å². The molecule has 124 valence electrons. The molecule has 0 amide bonds. The quantitative estimate of drug-likeness (QED) is 0.451. The first kappa shape index (κ1) is 15.9. The summed E-state index contributed by atoms with van der Waals surface area (Å²) >= 11 is 0. The second kappa shape index (κ2) is 5.60. The number of Topliss-reactive ketones (excluding diaryl/α,β-unsaturated/α-hetero) is 1. The average Bonchev–Trinajstić information content (AvgIpc) is 2.32. The minimum absolute atomic E-state index is 0.0799. The van der Waals surface area contributed by atoms with E-state index >= 15 is 0 Å². The van der Waals surface area contributed by atoms with E-state index in [1.54, 1.807) is 0 Å². The SMILES string of the molecule is O=C(CC(=O)OCC12CC3CC(CC(C3)C1)C2)CS(=O)(=O)O. The maximum atomic E-state index is 11.7. The molecule has 4 fully saturated rings. The number of carbonyl (C=O) groups excluding carboxylic acids is 2. The Balaban J connectivity index is 1.50. The van der Waals surface area contributed by atoms with Crippen molar-refractivity contribution in [1.82, 2.24) is 0 Å². The normalized spacial score (nSPS) is 36.3. The van der Waals surface area contributed by atoms with Crippen molar-refractivity contribution in [2.24, 2.45) is 23.2 Å². The van der Waals surface area contributed by atoms with Crippen molar-refractivity contribution in [1.29, 1.82) is 0 Å². The number of hydrogen-bond acceptors (Lipinski definition) is 5. The van der Waals surface area contributed by atoms with Gasteiger partial charge in [0.05, 0.1) is 6.61 Å². The molecule has 0 unspecified atom stereocenters. The van der Waals surface area contributed by atoms with Crippen LogP contribution in [0.4, 0.5) is 0 Å². The van der Waals surface area contributed by atoms with E-state index in [4.69, 9.17) is 9.29 Å². The fourth-order valence-electron chi connectivity index (χ4n) is 5.17. The van der Waals surface area contributed by atoms with Gasteiger partial charge in [-0.25, -0.2) is 0 Å². The zero-order chi connectivity index (χ0) is 16.0. The summed E-state index contributed by atoms with van der Waals surface area (Å²) in [5.41, 5.74) is 0.0799. The topological polar surface area (TPSA) is 97.7 Å². The van der Waals surface area contributed by atoms with E-state index in [-0.39, 0.29) is 5.41 Å². The molecule has 4 aliphatic rings. The fraction of sp³-hybridized carbons (Fsp3) is 0.867. The van der Waals surface area contributed by atoms with E-state index in [1.807, 2.05) is 0 Å². The van der Waals surface area contributed by atoms with Crippen LogP contribution in [0.2, 0.25) is 0 Å². The van der Waals surface area contributed by atoms with Crippen LogP contribution in [0.15, 0.2) is 0 Å². The van der Waals surface area contributed by atoms with E-state index in [9.17, 15) is 18.0 Å². The molecule has 4 aliphatic carbocycles. The predicted molar refractivity (Wildman–Crippen MR) is 77.6 cm³/mol. The van der Waals surface area contributed by atoms with Crippen molar-refractivity contribution in [3.63, 3.8) is 0 Å². The van der Waals surface area contributed by atoms with Crippen LogP contribution in [0.25, 0.3) is 0 Å². The number of ether oxygens (including phenoxy) is 1. The highest BCUT2D eigenvalue weighted by molar-refractivity contribution is 7.86. The van der Waals surface area contributed by atoms with Crippen LogP contribution in [0.3, 0.4) is 0 Å². The molecule has 0 saturated heterocycles. The third kappa shape index (κ3) is 3.68. The lowest BCUT2D eigenvalue weighted by atomic mass is 9.50. The Hall–Kier alpha value is -0.950. The Morgan fingerprint density at radius 2 is 1.55 bits per heavy atom. The lowest BCUT2D eigenvalue weighted by Gasteiger charge is -2.56. The Bertz CT molecular complexity index is 544. The lowest BCUT2D eigenvalue weighted by molar-refractivity contribution is -0.156. The second-order valence-corrected chi connectivity index (χ2v) is 8.97. The first-order valence-electron chi connectivity index (χ1n) is 7.85. The number of ketones is 1. The van der Waals surface area contributed by atoms with Gasteiger partial charge in [0.15, 0.2) is 5.78 Å². The summed E-state index contributed by atoms with van der Waals surface area (Å²) in [5, 5.41) is 0. The highest BCUT2D eigenvalue weighted by atomic mass is 32.2. The minimum atomic E-state index is -4.38. The molecule has 22 heavy (non-hydrogen) atoms. The van der Waals surface area contributed by atoms with Gasteiger partial charge in [-0.2, -0.15) is 8.42 Å². The van der Waals surface area contributed by atoms with Crippen LogP contribution in [0, 0.1) is 23.2 Å². The Morgan fingerprint density at radius 1 is 1.05 bits per heavy atom. The van der Waals surface area contributed by atoms with E-state index in [1.165, 1.54) is 19.3 Å². The number of rotatable bonds is 6. The second-order valence-electron chi connectivity index (χ2n) is 7.52. The Morgan fingerprint density at radius 3 is 2.00 bits per heavy atom.